The predicted octanol–water partition coefficient (Wildman–Crippen LogP) is 2.30. The number of aromatic nitrogens is 2. The molecule has 0 aliphatic carbocycles. The molecule has 84 valence electrons. The van der Waals surface area contributed by atoms with Gasteiger partial charge in [-0.3, -0.25) is 0 Å². The molecule has 2 rings (SSSR count). The Morgan fingerprint density at radius 3 is 2.62 bits per heavy atom. The zero-order chi connectivity index (χ0) is 11.9. The first-order chi connectivity index (χ1) is 7.50. The molecule has 1 aromatic heterocycles. The summed E-state index contributed by atoms with van der Waals surface area (Å²) in [6, 6.07) is 3.37. The van der Waals surface area contributed by atoms with Gasteiger partial charge in [0.15, 0.2) is 0 Å². The van der Waals surface area contributed by atoms with Crippen molar-refractivity contribution in [3.8, 4) is 0 Å². The molecular weight excluding hydrogens is 204 g/mol. The molecule has 0 saturated heterocycles. The van der Waals surface area contributed by atoms with Crippen LogP contribution < -0.4 is 0 Å². The van der Waals surface area contributed by atoms with E-state index < -0.39 is 12.0 Å². The SMILES string of the molecule is Cc1cc2ncn(C(C)C(=O)O)c2cc1C. The number of aryl methyl sites for hydroxylation is 2. The average Bonchev–Trinajstić information content (AvgIpc) is 2.60. The topological polar surface area (TPSA) is 55.1 Å². The highest BCUT2D eigenvalue weighted by atomic mass is 16.4. The Hall–Kier alpha value is -1.84. The van der Waals surface area contributed by atoms with Crippen LogP contribution >= 0.6 is 0 Å². The molecule has 0 bridgehead atoms. The molecule has 1 atom stereocenters. The quantitative estimate of drug-likeness (QED) is 0.841. The number of aliphatic carboxylic acids is 1. The Kier molecular flexibility index (Phi) is 2.42. The van der Waals surface area contributed by atoms with E-state index in [-0.39, 0.29) is 0 Å². The van der Waals surface area contributed by atoms with Crippen LogP contribution in [0.5, 0.6) is 0 Å². The van der Waals surface area contributed by atoms with Crippen LogP contribution in [0.1, 0.15) is 24.1 Å². The molecule has 4 nitrogen and oxygen atoms in total. The molecule has 1 unspecified atom stereocenters. The molecule has 0 aliphatic heterocycles. The van der Waals surface area contributed by atoms with Crippen molar-refractivity contribution in [2.24, 2.45) is 0 Å². The minimum Gasteiger partial charge on any atom is -0.480 e. The Morgan fingerprint density at radius 1 is 1.38 bits per heavy atom. The van der Waals surface area contributed by atoms with Gasteiger partial charge < -0.3 is 9.67 Å². The van der Waals surface area contributed by atoms with Crippen molar-refractivity contribution in [2.75, 3.05) is 0 Å². The molecule has 0 amide bonds. The lowest BCUT2D eigenvalue weighted by Gasteiger charge is -2.09. The summed E-state index contributed by atoms with van der Waals surface area (Å²) in [7, 11) is 0. The first-order valence-corrected chi connectivity index (χ1v) is 5.17. The summed E-state index contributed by atoms with van der Waals surface area (Å²) in [6.45, 7) is 5.69. The van der Waals surface area contributed by atoms with E-state index in [1.807, 2.05) is 26.0 Å². The van der Waals surface area contributed by atoms with Crippen LogP contribution in [-0.4, -0.2) is 20.6 Å². The second kappa shape index (κ2) is 3.63. The lowest BCUT2D eigenvalue weighted by atomic mass is 10.1. The van der Waals surface area contributed by atoms with Crippen molar-refractivity contribution in [3.05, 3.63) is 29.6 Å². The lowest BCUT2D eigenvalue weighted by molar-refractivity contribution is -0.140. The van der Waals surface area contributed by atoms with Crippen LogP contribution in [0, 0.1) is 13.8 Å². The average molecular weight is 218 g/mol. The van der Waals surface area contributed by atoms with Crippen LogP contribution in [0.15, 0.2) is 18.5 Å². The normalized spacial score (nSPS) is 12.9. The second-order valence-corrected chi connectivity index (χ2v) is 4.09. The van der Waals surface area contributed by atoms with Gasteiger partial charge in [0.25, 0.3) is 0 Å². The van der Waals surface area contributed by atoms with E-state index in [0.29, 0.717) is 0 Å². The van der Waals surface area contributed by atoms with E-state index in [0.717, 1.165) is 16.6 Å². The minimum absolute atomic E-state index is 0.591. The van der Waals surface area contributed by atoms with Gasteiger partial charge in [0.1, 0.15) is 6.04 Å². The van der Waals surface area contributed by atoms with Crippen molar-refractivity contribution in [2.45, 2.75) is 26.8 Å². The zero-order valence-corrected chi connectivity index (χ0v) is 9.56. The molecule has 4 heteroatoms. The molecular formula is C12H14N2O2. The third-order valence-corrected chi connectivity index (χ3v) is 2.96. The summed E-state index contributed by atoms with van der Waals surface area (Å²) in [5.74, 6) is -0.850. The monoisotopic (exact) mass is 218 g/mol. The maximum Gasteiger partial charge on any atom is 0.326 e. The van der Waals surface area contributed by atoms with Gasteiger partial charge in [0.05, 0.1) is 17.4 Å². The van der Waals surface area contributed by atoms with Crippen molar-refractivity contribution in [3.63, 3.8) is 0 Å². The van der Waals surface area contributed by atoms with Gasteiger partial charge >= 0.3 is 5.97 Å². The first kappa shape index (κ1) is 10.7. The zero-order valence-electron chi connectivity index (χ0n) is 9.56. The number of fused-ring (bicyclic) bond motifs is 1. The molecule has 1 aromatic carbocycles. The first-order valence-electron chi connectivity index (χ1n) is 5.17. The van der Waals surface area contributed by atoms with E-state index in [4.69, 9.17) is 5.11 Å². The van der Waals surface area contributed by atoms with Gasteiger partial charge in [0, 0.05) is 0 Å². The van der Waals surface area contributed by atoms with E-state index in [2.05, 4.69) is 4.98 Å². The van der Waals surface area contributed by atoms with Crippen molar-refractivity contribution >= 4 is 17.0 Å². The Labute approximate surface area is 93.5 Å². The standard InChI is InChI=1S/C12H14N2O2/c1-7-4-10-11(5-8(7)2)14(6-13-10)9(3)12(15)16/h4-6,9H,1-3H3,(H,15,16). The maximum atomic E-state index is 10.9. The fourth-order valence-electron chi connectivity index (χ4n) is 1.71. The van der Waals surface area contributed by atoms with Crippen molar-refractivity contribution in [1.29, 1.82) is 0 Å². The molecule has 0 aliphatic rings. The number of carboxylic acid groups (broad SMARTS) is 1. The highest BCUT2D eigenvalue weighted by molar-refractivity contribution is 5.80. The summed E-state index contributed by atoms with van der Waals surface area (Å²) >= 11 is 0. The van der Waals surface area contributed by atoms with E-state index in [1.54, 1.807) is 17.8 Å². The predicted molar refractivity (Wildman–Crippen MR) is 61.6 cm³/mol. The number of benzene rings is 1. The number of rotatable bonds is 2. The van der Waals surface area contributed by atoms with Gasteiger partial charge in [-0.2, -0.15) is 0 Å². The number of nitrogens with zero attached hydrogens (tertiary/aromatic N) is 2. The lowest BCUT2D eigenvalue weighted by Crippen LogP contribution is -2.14. The maximum absolute atomic E-state index is 10.9. The van der Waals surface area contributed by atoms with Gasteiger partial charge in [-0.05, 0) is 44.0 Å². The van der Waals surface area contributed by atoms with Crippen LogP contribution in [0.25, 0.3) is 11.0 Å². The number of hydrogen-bond acceptors (Lipinski definition) is 2. The Morgan fingerprint density at radius 2 is 2.00 bits per heavy atom. The highest BCUT2D eigenvalue weighted by Gasteiger charge is 2.16. The Balaban J connectivity index is 2.65. The fraction of sp³-hybridized carbons (Fsp3) is 0.333. The van der Waals surface area contributed by atoms with Gasteiger partial charge in [-0.1, -0.05) is 0 Å². The van der Waals surface area contributed by atoms with Crippen molar-refractivity contribution < 1.29 is 9.90 Å². The summed E-state index contributed by atoms with van der Waals surface area (Å²) in [5, 5.41) is 8.99. The molecule has 0 saturated carbocycles. The van der Waals surface area contributed by atoms with E-state index in [9.17, 15) is 4.79 Å². The summed E-state index contributed by atoms with van der Waals surface area (Å²) < 4.78 is 1.68. The second-order valence-electron chi connectivity index (χ2n) is 4.09. The van der Waals surface area contributed by atoms with E-state index in [1.165, 1.54) is 5.56 Å². The molecule has 1 N–H and O–H groups in total. The van der Waals surface area contributed by atoms with Crippen LogP contribution in [0.2, 0.25) is 0 Å². The number of carboxylic acids is 1. The molecule has 2 aromatic rings. The fourth-order valence-corrected chi connectivity index (χ4v) is 1.71. The molecule has 16 heavy (non-hydrogen) atoms. The van der Waals surface area contributed by atoms with Gasteiger partial charge in [-0.15, -0.1) is 0 Å². The van der Waals surface area contributed by atoms with Crippen LogP contribution in [-0.2, 0) is 4.79 Å². The number of imidazole rings is 1. The van der Waals surface area contributed by atoms with Crippen molar-refractivity contribution in [1.82, 2.24) is 9.55 Å². The van der Waals surface area contributed by atoms with E-state index >= 15 is 0 Å². The molecule has 0 fully saturated rings. The third-order valence-electron chi connectivity index (χ3n) is 2.96. The van der Waals surface area contributed by atoms with Gasteiger partial charge in [0.2, 0.25) is 0 Å². The van der Waals surface area contributed by atoms with Crippen LogP contribution in [0.4, 0.5) is 0 Å². The molecule has 0 spiro atoms. The summed E-state index contributed by atoms with van der Waals surface area (Å²) in [5.41, 5.74) is 4.03. The largest absolute Gasteiger partial charge is 0.480 e. The highest BCUT2D eigenvalue weighted by Crippen LogP contribution is 2.21. The summed E-state index contributed by atoms with van der Waals surface area (Å²) in [4.78, 5) is 15.2. The minimum atomic E-state index is -0.850. The smallest absolute Gasteiger partial charge is 0.326 e. The number of carbonyl (C=O) groups is 1. The van der Waals surface area contributed by atoms with Crippen LogP contribution in [0.3, 0.4) is 0 Å². The molecule has 0 radical (unpaired) electrons. The van der Waals surface area contributed by atoms with Gasteiger partial charge in [-0.25, -0.2) is 9.78 Å². The summed E-state index contributed by atoms with van der Waals surface area (Å²) in [6.07, 6.45) is 1.59. The number of hydrogen-bond donors (Lipinski definition) is 1. The third kappa shape index (κ3) is 1.56. The molecule has 1 heterocycles. The Bertz CT molecular complexity index is 557.